The summed E-state index contributed by atoms with van der Waals surface area (Å²) in [5.74, 6) is 6.63. The van der Waals surface area contributed by atoms with Gasteiger partial charge in [0.25, 0.3) is 0 Å². The van der Waals surface area contributed by atoms with Gasteiger partial charge in [-0.3, -0.25) is 0 Å². The third-order valence-electron chi connectivity index (χ3n) is 3.53. The van der Waals surface area contributed by atoms with Gasteiger partial charge in [0, 0.05) is 17.8 Å². The Morgan fingerprint density at radius 1 is 1.00 bits per heavy atom. The molecular weight excluding hydrogens is 312 g/mol. The maximum atomic E-state index is 5.85. The van der Waals surface area contributed by atoms with Gasteiger partial charge in [-0.15, -0.1) is 0 Å². The molecule has 2 N–H and O–H groups in total. The molecule has 0 atom stereocenters. The summed E-state index contributed by atoms with van der Waals surface area (Å²) in [5, 5.41) is 0. The maximum Gasteiger partial charge on any atom is 0.249 e. The second kappa shape index (κ2) is 7.65. The summed E-state index contributed by atoms with van der Waals surface area (Å²) in [4.78, 5) is 11.2. The molecule has 126 valence electrons. The van der Waals surface area contributed by atoms with Gasteiger partial charge in [0.2, 0.25) is 5.88 Å². The second-order valence-electron chi connectivity index (χ2n) is 5.89. The Labute approximate surface area is 147 Å². The molecule has 0 aliphatic rings. The molecule has 0 fully saturated rings. The van der Waals surface area contributed by atoms with Crippen LogP contribution in [0.3, 0.4) is 0 Å². The molecule has 5 nitrogen and oxygen atoms in total. The highest BCUT2D eigenvalue weighted by molar-refractivity contribution is 5.79. The summed E-state index contributed by atoms with van der Waals surface area (Å²) in [6.45, 7) is 1.30. The molecule has 0 radical (unpaired) electrons. The van der Waals surface area contributed by atoms with Crippen molar-refractivity contribution in [1.29, 1.82) is 0 Å². The van der Waals surface area contributed by atoms with Crippen LogP contribution in [0.25, 0.3) is 11.0 Å². The fraction of sp³-hybridized carbons (Fsp3) is 0.200. The number of anilines is 1. The molecule has 0 spiro atoms. The molecule has 0 saturated heterocycles. The first kappa shape index (κ1) is 16.7. The summed E-state index contributed by atoms with van der Waals surface area (Å²) >= 11 is 0. The molecular formula is C20H20N4O. The van der Waals surface area contributed by atoms with Crippen molar-refractivity contribution < 1.29 is 4.74 Å². The highest BCUT2D eigenvalue weighted by atomic mass is 16.5. The standard InChI is InChI=1S/C20H20N4O/c1-24(2)12-13-25-20-18(10-8-15-6-4-3-5-7-15)22-19-14-16(21)9-11-17(19)23-20/h3-7,9,11,14H,12-13,21H2,1-2H3. The molecule has 5 heteroatoms. The summed E-state index contributed by atoms with van der Waals surface area (Å²) in [5.41, 5.74) is 9.36. The van der Waals surface area contributed by atoms with Crippen LogP contribution in [0, 0.1) is 11.8 Å². The van der Waals surface area contributed by atoms with Crippen molar-refractivity contribution in [2.24, 2.45) is 0 Å². The van der Waals surface area contributed by atoms with Gasteiger partial charge in [0.05, 0.1) is 11.0 Å². The molecule has 0 amide bonds. The Morgan fingerprint density at radius 3 is 2.56 bits per heavy atom. The zero-order valence-electron chi connectivity index (χ0n) is 14.4. The molecule has 0 aliphatic heterocycles. The lowest BCUT2D eigenvalue weighted by Crippen LogP contribution is -2.20. The van der Waals surface area contributed by atoms with E-state index >= 15 is 0 Å². The molecule has 2 aromatic carbocycles. The average molecular weight is 332 g/mol. The SMILES string of the molecule is CN(C)CCOc1nc2ccc(N)cc2nc1C#Cc1ccccc1. The minimum atomic E-state index is 0.447. The number of aromatic nitrogens is 2. The van der Waals surface area contributed by atoms with Crippen molar-refractivity contribution in [2.75, 3.05) is 33.0 Å². The molecule has 0 saturated carbocycles. The number of benzene rings is 2. The highest BCUT2D eigenvalue weighted by Gasteiger charge is 2.09. The zero-order valence-corrected chi connectivity index (χ0v) is 14.4. The van der Waals surface area contributed by atoms with Crippen molar-refractivity contribution in [3.8, 4) is 17.7 Å². The van der Waals surface area contributed by atoms with E-state index in [1.54, 1.807) is 12.1 Å². The second-order valence-corrected chi connectivity index (χ2v) is 5.89. The first-order chi connectivity index (χ1) is 12.1. The van der Waals surface area contributed by atoms with Crippen LogP contribution >= 0.6 is 0 Å². The monoisotopic (exact) mass is 332 g/mol. The van der Waals surface area contributed by atoms with E-state index in [0.717, 1.165) is 17.6 Å². The van der Waals surface area contributed by atoms with Gasteiger partial charge in [-0.1, -0.05) is 24.1 Å². The number of ether oxygens (including phenoxy) is 1. The van der Waals surface area contributed by atoms with Gasteiger partial charge in [0.1, 0.15) is 6.61 Å². The van der Waals surface area contributed by atoms with Crippen LogP contribution in [0.5, 0.6) is 5.88 Å². The smallest absolute Gasteiger partial charge is 0.249 e. The molecule has 3 aromatic rings. The first-order valence-electron chi connectivity index (χ1n) is 8.04. The van der Waals surface area contributed by atoms with Crippen molar-refractivity contribution >= 4 is 16.7 Å². The van der Waals surface area contributed by atoms with Crippen LogP contribution in [-0.4, -0.2) is 42.1 Å². The molecule has 1 aromatic heterocycles. The topological polar surface area (TPSA) is 64.3 Å². The molecule has 0 unspecified atom stereocenters. The van der Waals surface area contributed by atoms with E-state index in [-0.39, 0.29) is 0 Å². The molecule has 1 heterocycles. The Morgan fingerprint density at radius 2 is 1.80 bits per heavy atom. The van der Waals surface area contributed by atoms with Crippen LogP contribution in [0.1, 0.15) is 11.3 Å². The molecule has 0 bridgehead atoms. The Kier molecular flexibility index (Phi) is 5.12. The normalized spacial score (nSPS) is 10.5. The van der Waals surface area contributed by atoms with Crippen LogP contribution in [0.15, 0.2) is 48.5 Å². The third kappa shape index (κ3) is 4.46. The molecule has 3 rings (SSSR count). The van der Waals surface area contributed by atoms with Crippen molar-refractivity contribution in [3.05, 3.63) is 59.8 Å². The van der Waals surface area contributed by atoms with Gasteiger partial charge in [-0.2, -0.15) is 0 Å². The van der Waals surface area contributed by atoms with Crippen molar-refractivity contribution in [3.63, 3.8) is 0 Å². The summed E-state index contributed by atoms with van der Waals surface area (Å²) in [7, 11) is 3.99. The molecule has 0 aliphatic carbocycles. The fourth-order valence-electron chi connectivity index (χ4n) is 2.21. The van der Waals surface area contributed by atoms with E-state index in [1.165, 1.54) is 0 Å². The fourth-order valence-corrected chi connectivity index (χ4v) is 2.21. The van der Waals surface area contributed by atoms with E-state index in [0.29, 0.717) is 29.4 Å². The van der Waals surface area contributed by atoms with Crippen molar-refractivity contribution in [1.82, 2.24) is 14.9 Å². The predicted octanol–water partition coefficient (Wildman–Crippen LogP) is 2.55. The van der Waals surface area contributed by atoms with Crippen LogP contribution < -0.4 is 10.5 Å². The largest absolute Gasteiger partial charge is 0.474 e. The minimum absolute atomic E-state index is 0.447. The number of nitrogen functional groups attached to an aromatic ring is 1. The first-order valence-corrected chi connectivity index (χ1v) is 8.04. The van der Waals surface area contributed by atoms with E-state index in [4.69, 9.17) is 10.5 Å². The van der Waals surface area contributed by atoms with Gasteiger partial charge >= 0.3 is 0 Å². The lowest BCUT2D eigenvalue weighted by Gasteiger charge is -2.11. The lowest BCUT2D eigenvalue weighted by atomic mass is 10.2. The summed E-state index contributed by atoms with van der Waals surface area (Å²) in [6.07, 6.45) is 0. The zero-order chi connectivity index (χ0) is 17.6. The average Bonchev–Trinajstić information content (AvgIpc) is 2.60. The number of rotatable bonds is 4. The van der Waals surface area contributed by atoms with Crippen LogP contribution in [0.2, 0.25) is 0 Å². The van der Waals surface area contributed by atoms with E-state index < -0.39 is 0 Å². The minimum Gasteiger partial charge on any atom is -0.474 e. The Hall–Kier alpha value is -3.10. The van der Waals surface area contributed by atoms with E-state index in [9.17, 15) is 0 Å². The van der Waals surface area contributed by atoms with E-state index in [2.05, 4.69) is 21.8 Å². The number of likely N-dealkylation sites (N-methyl/N-ethyl adjacent to an activating group) is 1. The number of hydrogen-bond donors (Lipinski definition) is 1. The Bertz CT molecular complexity index is 927. The number of nitrogens with two attached hydrogens (primary N) is 1. The number of nitrogens with zero attached hydrogens (tertiary/aromatic N) is 3. The van der Waals surface area contributed by atoms with Crippen LogP contribution in [0.4, 0.5) is 5.69 Å². The van der Waals surface area contributed by atoms with Crippen LogP contribution in [-0.2, 0) is 0 Å². The lowest BCUT2D eigenvalue weighted by molar-refractivity contribution is 0.253. The van der Waals surface area contributed by atoms with Gasteiger partial charge in [0.15, 0.2) is 5.69 Å². The predicted molar refractivity (Wildman–Crippen MR) is 100 cm³/mol. The quantitative estimate of drug-likeness (QED) is 0.587. The van der Waals surface area contributed by atoms with Crippen molar-refractivity contribution in [2.45, 2.75) is 0 Å². The number of hydrogen-bond acceptors (Lipinski definition) is 5. The third-order valence-corrected chi connectivity index (χ3v) is 3.53. The molecule has 25 heavy (non-hydrogen) atoms. The Balaban J connectivity index is 1.98. The van der Waals surface area contributed by atoms with Gasteiger partial charge < -0.3 is 15.4 Å². The van der Waals surface area contributed by atoms with Gasteiger partial charge in [-0.05, 0) is 50.3 Å². The highest BCUT2D eigenvalue weighted by Crippen LogP contribution is 2.20. The number of fused-ring (bicyclic) bond motifs is 1. The summed E-state index contributed by atoms with van der Waals surface area (Å²) < 4.78 is 5.83. The summed E-state index contributed by atoms with van der Waals surface area (Å²) in [6, 6.07) is 15.2. The van der Waals surface area contributed by atoms with E-state index in [1.807, 2.05) is 55.4 Å². The maximum absolute atomic E-state index is 5.85. The van der Waals surface area contributed by atoms with Gasteiger partial charge in [-0.25, -0.2) is 9.97 Å².